The van der Waals surface area contributed by atoms with Crippen LogP contribution in [0.3, 0.4) is 0 Å². The molecule has 0 fully saturated rings. The highest BCUT2D eigenvalue weighted by molar-refractivity contribution is 7.99. The largest absolute Gasteiger partial charge is 0.478 e. The Labute approximate surface area is 185 Å². The van der Waals surface area contributed by atoms with E-state index in [0.717, 1.165) is 25.0 Å². The molecule has 1 heterocycles. The van der Waals surface area contributed by atoms with Gasteiger partial charge in [0.1, 0.15) is 12.4 Å². The van der Waals surface area contributed by atoms with Gasteiger partial charge in [0.05, 0.1) is 0 Å². The third kappa shape index (κ3) is 18.7. The summed E-state index contributed by atoms with van der Waals surface area (Å²) in [5.41, 5.74) is 10.4. The van der Waals surface area contributed by atoms with Gasteiger partial charge in [-0.05, 0) is 18.9 Å². The third-order valence-electron chi connectivity index (χ3n) is 2.99. The van der Waals surface area contributed by atoms with Crippen molar-refractivity contribution >= 4 is 41.4 Å². The molecule has 0 saturated heterocycles. The van der Waals surface area contributed by atoms with Crippen LogP contribution in [0.2, 0.25) is 0 Å². The molecule has 1 rings (SSSR count). The monoisotopic (exact) mass is 480 g/mol. The summed E-state index contributed by atoms with van der Waals surface area (Å²) in [6.07, 6.45) is 1.03. The number of hydrogen-bond acceptors (Lipinski definition) is 7. The molecule has 1 aromatic rings. The molecule has 0 aliphatic rings. The Morgan fingerprint density at radius 3 is 2.28 bits per heavy atom. The lowest BCUT2D eigenvalue weighted by Gasteiger charge is -2.07. The van der Waals surface area contributed by atoms with Crippen molar-refractivity contribution in [2.75, 3.05) is 17.6 Å². The lowest BCUT2D eigenvalue weighted by Crippen LogP contribution is -2.26. The van der Waals surface area contributed by atoms with Crippen LogP contribution >= 0.6 is 11.8 Å². The number of carboxylic acids is 2. The second kappa shape index (κ2) is 15.4. The van der Waals surface area contributed by atoms with Gasteiger partial charge in [-0.1, -0.05) is 18.2 Å². The summed E-state index contributed by atoms with van der Waals surface area (Å²) in [5, 5.41) is 18.6. The van der Waals surface area contributed by atoms with E-state index in [1.165, 1.54) is 24.0 Å². The lowest BCUT2D eigenvalue weighted by atomic mass is 10.2. The third-order valence-corrected chi connectivity index (χ3v) is 3.93. The van der Waals surface area contributed by atoms with E-state index in [2.05, 4.69) is 20.3 Å². The van der Waals surface area contributed by atoms with Crippen molar-refractivity contribution in [3.63, 3.8) is 0 Å². The van der Waals surface area contributed by atoms with Crippen LogP contribution in [0.5, 0.6) is 0 Å². The number of guanidine groups is 1. The highest BCUT2D eigenvalue weighted by Gasteiger charge is 2.26. The minimum Gasteiger partial charge on any atom is -0.478 e. The fourth-order valence-corrected chi connectivity index (χ4v) is 2.54. The van der Waals surface area contributed by atoms with Crippen LogP contribution in [-0.4, -0.2) is 62.5 Å². The molecule has 1 amide bonds. The zero-order valence-corrected chi connectivity index (χ0v) is 17.5. The second-order valence-corrected chi connectivity index (χ2v) is 6.86. The van der Waals surface area contributed by atoms with E-state index in [4.69, 9.17) is 21.7 Å². The van der Waals surface area contributed by atoms with Crippen LogP contribution < -0.4 is 16.8 Å². The van der Waals surface area contributed by atoms with E-state index in [1.54, 1.807) is 0 Å². The molecule has 0 radical (unpaired) electrons. The van der Waals surface area contributed by atoms with Gasteiger partial charge in [0.25, 0.3) is 0 Å². The van der Waals surface area contributed by atoms with Gasteiger partial charge < -0.3 is 27.0 Å². The molecule has 0 spiro atoms. The number of carbonyl (C=O) groups excluding carboxylic acids is 1. The number of primary amides is 1. The zero-order chi connectivity index (χ0) is 24.6. The van der Waals surface area contributed by atoms with E-state index >= 15 is 0 Å². The van der Waals surface area contributed by atoms with Gasteiger partial charge in [0, 0.05) is 30.5 Å². The van der Waals surface area contributed by atoms with Crippen molar-refractivity contribution in [1.82, 2.24) is 9.97 Å². The first-order chi connectivity index (χ1) is 14.9. The Bertz CT molecular complexity index is 804. The summed E-state index contributed by atoms with van der Waals surface area (Å²) >= 11 is 1.40. The number of aromatic nitrogens is 2. The van der Waals surface area contributed by atoms with Crippen LogP contribution in [0.15, 0.2) is 34.6 Å². The molecule has 0 bridgehead atoms. The molecule has 7 N–H and O–H groups in total. The summed E-state index contributed by atoms with van der Waals surface area (Å²) in [7, 11) is 0. The van der Waals surface area contributed by atoms with Crippen molar-refractivity contribution in [3.8, 4) is 0 Å². The van der Waals surface area contributed by atoms with Crippen LogP contribution in [0.1, 0.15) is 25.7 Å². The highest BCUT2D eigenvalue weighted by Crippen LogP contribution is 2.17. The fraction of sp³-hybridized carbons (Fsp3) is 0.412. The van der Waals surface area contributed by atoms with Gasteiger partial charge in [-0.25, -0.2) is 24.5 Å². The zero-order valence-electron chi connectivity index (χ0n) is 16.7. The summed E-state index contributed by atoms with van der Waals surface area (Å²) in [5.74, 6) is -2.17. The fourth-order valence-electron chi connectivity index (χ4n) is 1.71. The maximum absolute atomic E-state index is 12.0. The Morgan fingerprint density at radius 1 is 1.12 bits per heavy atom. The van der Waals surface area contributed by atoms with E-state index < -0.39 is 24.7 Å². The number of hydrogen-bond donors (Lipinski definition) is 5. The number of unbranched alkanes of at least 4 members (excludes halogenated alkanes) is 2. The molecule has 15 heteroatoms. The standard InChI is InChI=1S/C13H19F3N6OS.C4H4O4/c14-13(15,16)8-20-11(18)21-10-5-6-19-12(22-10)24-7-3-1-2-4-9(17)23;5-3(6)1-2-4(7)8/h5-6H,1-4,7-8H2,(H2,17,23)(H3,18,19,20,21,22);1-2H,(H,5,6)(H,7,8). The van der Waals surface area contributed by atoms with Crippen molar-refractivity contribution in [1.29, 1.82) is 0 Å². The van der Waals surface area contributed by atoms with E-state index in [1.807, 2.05) is 0 Å². The molecule has 0 atom stereocenters. The van der Waals surface area contributed by atoms with Gasteiger partial charge in [-0.2, -0.15) is 13.2 Å². The molecule has 0 aromatic carbocycles. The predicted octanol–water partition coefficient (Wildman–Crippen LogP) is 1.62. The molecule has 0 aliphatic heterocycles. The number of anilines is 1. The number of nitrogens with zero attached hydrogens (tertiary/aromatic N) is 3. The SMILES string of the molecule is NC(=O)CCCCCSc1nccc(NC(N)=NCC(F)(F)F)n1.O=C(O)C=CC(=O)O. The number of aliphatic imine (C=N–C) groups is 1. The second-order valence-electron chi connectivity index (χ2n) is 5.80. The molecule has 0 unspecified atom stereocenters. The van der Waals surface area contributed by atoms with Crippen LogP contribution in [-0.2, 0) is 14.4 Å². The molecule has 0 aliphatic carbocycles. The Morgan fingerprint density at radius 2 is 1.75 bits per heavy atom. The summed E-state index contributed by atoms with van der Waals surface area (Å²) in [6, 6.07) is 1.48. The number of halogens is 3. The van der Waals surface area contributed by atoms with Crippen LogP contribution in [0.4, 0.5) is 19.0 Å². The smallest absolute Gasteiger partial charge is 0.408 e. The average Bonchev–Trinajstić information content (AvgIpc) is 2.67. The topological polar surface area (TPSA) is 194 Å². The van der Waals surface area contributed by atoms with Crippen molar-refractivity contribution in [3.05, 3.63) is 24.4 Å². The normalized spacial score (nSPS) is 11.5. The predicted molar refractivity (Wildman–Crippen MR) is 111 cm³/mol. The first-order valence-corrected chi connectivity index (χ1v) is 9.89. The summed E-state index contributed by atoms with van der Waals surface area (Å²) in [4.78, 5) is 41.1. The molecule has 0 saturated carbocycles. The Kier molecular flexibility index (Phi) is 13.8. The minimum atomic E-state index is -4.41. The van der Waals surface area contributed by atoms with Crippen LogP contribution in [0.25, 0.3) is 0 Å². The molecular weight excluding hydrogens is 457 g/mol. The van der Waals surface area contributed by atoms with E-state index in [9.17, 15) is 27.6 Å². The van der Waals surface area contributed by atoms with Crippen molar-refractivity contribution < 1.29 is 37.8 Å². The first-order valence-electron chi connectivity index (χ1n) is 8.91. The number of thioether (sulfide) groups is 1. The number of nitrogens with two attached hydrogens (primary N) is 2. The minimum absolute atomic E-state index is 0.268. The molecule has 178 valence electrons. The van der Waals surface area contributed by atoms with Gasteiger partial charge in [-0.3, -0.25) is 4.79 Å². The number of nitrogens with one attached hydrogen (secondary N) is 1. The van der Waals surface area contributed by atoms with Crippen molar-refractivity contribution in [2.45, 2.75) is 37.0 Å². The first kappa shape index (κ1) is 28.6. The lowest BCUT2D eigenvalue weighted by molar-refractivity contribution is -0.134. The van der Waals surface area contributed by atoms with E-state index in [-0.39, 0.29) is 17.7 Å². The maximum Gasteiger partial charge on any atom is 0.408 e. The number of rotatable bonds is 11. The molecule has 1 aromatic heterocycles. The van der Waals surface area contributed by atoms with Gasteiger partial charge >= 0.3 is 18.1 Å². The number of carboxylic acid groups (broad SMARTS) is 2. The van der Waals surface area contributed by atoms with E-state index in [0.29, 0.717) is 23.7 Å². The van der Waals surface area contributed by atoms with Gasteiger partial charge in [-0.15, -0.1) is 0 Å². The number of alkyl halides is 3. The summed E-state index contributed by atoms with van der Waals surface area (Å²) in [6.45, 7) is -1.36. The maximum atomic E-state index is 12.0. The number of amides is 1. The Balaban J connectivity index is 0.00000102. The van der Waals surface area contributed by atoms with Crippen LogP contribution in [0, 0.1) is 0 Å². The van der Waals surface area contributed by atoms with Gasteiger partial charge in [0.2, 0.25) is 5.91 Å². The average molecular weight is 480 g/mol. The molecule has 32 heavy (non-hydrogen) atoms. The number of aliphatic carboxylic acids is 2. The highest BCUT2D eigenvalue weighted by atomic mass is 32.2. The number of carbonyl (C=O) groups is 3. The van der Waals surface area contributed by atoms with Crippen molar-refractivity contribution in [2.24, 2.45) is 16.5 Å². The molecular formula is C17H23F3N6O5S. The molecule has 11 nitrogen and oxygen atoms in total. The quantitative estimate of drug-likeness (QED) is 0.0775. The Hall–Kier alpha value is -3.36. The van der Waals surface area contributed by atoms with Gasteiger partial charge in [0.15, 0.2) is 11.1 Å². The summed E-state index contributed by atoms with van der Waals surface area (Å²) < 4.78 is 36.1.